The second kappa shape index (κ2) is 8.82. The Labute approximate surface area is 176 Å². The van der Waals surface area contributed by atoms with Gasteiger partial charge in [-0.3, -0.25) is 9.59 Å². The van der Waals surface area contributed by atoms with Crippen molar-refractivity contribution in [2.75, 3.05) is 12.4 Å². The van der Waals surface area contributed by atoms with E-state index >= 15 is 0 Å². The second-order valence-corrected chi connectivity index (χ2v) is 7.36. The van der Waals surface area contributed by atoms with Gasteiger partial charge in [0.1, 0.15) is 11.8 Å². The molecule has 1 aliphatic rings. The Kier molecular flexibility index (Phi) is 5.80. The molecule has 30 heavy (non-hydrogen) atoms. The van der Waals surface area contributed by atoms with E-state index in [9.17, 15) is 9.59 Å². The normalized spacial score (nSPS) is 15.9. The van der Waals surface area contributed by atoms with Crippen molar-refractivity contribution in [1.82, 2.24) is 4.90 Å². The van der Waals surface area contributed by atoms with Gasteiger partial charge in [0.05, 0.1) is 18.4 Å². The number of nitrogens with zero attached hydrogens (tertiary/aromatic N) is 1. The van der Waals surface area contributed by atoms with E-state index in [0.29, 0.717) is 30.6 Å². The number of ether oxygens (including phenoxy) is 1. The van der Waals surface area contributed by atoms with Gasteiger partial charge >= 0.3 is 0 Å². The summed E-state index contributed by atoms with van der Waals surface area (Å²) in [6.45, 7) is 0.331. The smallest absolute Gasteiger partial charge is 0.256 e. The highest BCUT2D eigenvalue weighted by Gasteiger charge is 2.35. The molecular formula is C25H24N2O3. The zero-order valence-corrected chi connectivity index (χ0v) is 16.9. The standard InChI is InChI=1S/C25H24N2O3/c1-30-20-11-7-10-19(16-20)17-27-23(15-14-18-8-3-2-4-9-18)24(28)26-22-13-6-5-12-21(22)25(27)29/h2-13,16,23H,14-15,17H2,1H3,(H,26,28). The van der Waals surface area contributed by atoms with Crippen LogP contribution >= 0.6 is 0 Å². The third kappa shape index (κ3) is 4.20. The highest BCUT2D eigenvalue weighted by Crippen LogP contribution is 2.27. The Hall–Kier alpha value is -3.60. The number of nitrogens with one attached hydrogen (secondary N) is 1. The molecule has 1 atom stereocenters. The number of benzene rings is 3. The third-order valence-electron chi connectivity index (χ3n) is 5.39. The van der Waals surface area contributed by atoms with Crippen molar-refractivity contribution in [3.63, 3.8) is 0 Å². The topological polar surface area (TPSA) is 58.6 Å². The van der Waals surface area contributed by atoms with Gasteiger partial charge in [-0.2, -0.15) is 0 Å². The number of methoxy groups -OCH3 is 1. The SMILES string of the molecule is COc1cccc(CN2C(=O)c3ccccc3NC(=O)C2CCc2ccccc2)c1. The van der Waals surface area contributed by atoms with Gasteiger partial charge in [0.15, 0.2) is 0 Å². The fourth-order valence-electron chi connectivity index (χ4n) is 3.82. The predicted octanol–water partition coefficient (Wildman–Crippen LogP) is 4.29. The zero-order chi connectivity index (χ0) is 20.9. The quantitative estimate of drug-likeness (QED) is 0.671. The predicted molar refractivity (Wildman–Crippen MR) is 116 cm³/mol. The number of hydrogen-bond acceptors (Lipinski definition) is 3. The Morgan fingerprint density at radius 2 is 1.63 bits per heavy atom. The van der Waals surface area contributed by atoms with Crippen LogP contribution < -0.4 is 10.1 Å². The molecule has 152 valence electrons. The summed E-state index contributed by atoms with van der Waals surface area (Å²) >= 11 is 0. The van der Waals surface area contributed by atoms with Gasteiger partial charge in [0.2, 0.25) is 5.91 Å². The molecule has 1 unspecified atom stereocenters. The minimum Gasteiger partial charge on any atom is -0.497 e. The van der Waals surface area contributed by atoms with Crippen LogP contribution in [0.2, 0.25) is 0 Å². The van der Waals surface area contributed by atoms with Crippen molar-refractivity contribution in [3.05, 3.63) is 95.6 Å². The number of carbonyl (C=O) groups excluding carboxylic acids is 2. The van der Waals surface area contributed by atoms with Crippen LogP contribution in [0.3, 0.4) is 0 Å². The van der Waals surface area contributed by atoms with Crippen molar-refractivity contribution in [2.24, 2.45) is 0 Å². The Bertz CT molecular complexity index is 1050. The highest BCUT2D eigenvalue weighted by atomic mass is 16.5. The minimum atomic E-state index is -0.573. The lowest BCUT2D eigenvalue weighted by Crippen LogP contribution is -2.45. The summed E-state index contributed by atoms with van der Waals surface area (Å²) in [6, 6.07) is 24.2. The average Bonchev–Trinajstić information content (AvgIpc) is 2.88. The van der Waals surface area contributed by atoms with Gasteiger partial charge < -0.3 is 15.0 Å². The fourth-order valence-corrected chi connectivity index (χ4v) is 3.82. The van der Waals surface area contributed by atoms with Crippen molar-refractivity contribution in [1.29, 1.82) is 0 Å². The number of amides is 2. The van der Waals surface area contributed by atoms with Gasteiger partial charge in [-0.25, -0.2) is 0 Å². The van der Waals surface area contributed by atoms with Gasteiger partial charge in [-0.15, -0.1) is 0 Å². The molecule has 5 nitrogen and oxygen atoms in total. The van der Waals surface area contributed by atoms with Crippen molar-refractivity contribution in [3.8, 4) is 5.75 Å². The lowest BCUT2D eigenvalue weighted by Gasteiger charge is -2.29. The number of para-hydroxylation sites is 1. The molecule has 0 radical (unpaired) electrons. The molecule has 1 aliphatic heterocycles. The number of carbonyl (C=O) groups is 2. The summed E-state index contributed by atoms with van der Waals surface area (Å²) in [5, 5.41) is 2.95. The Morgan fingerprint density at radius 1 is 0.900 bits per heavy atom. The number of aryl methyl sites for hydroxylation is 1. The van der Waals surface area contributed by atoms with E-state index in [1.807, 2.05) is 66.7 Å². The van der Waals surface area contributed by atoms with E-state index in [0.717, 1.165) is 16.9 Å². The van der Waals surface area contributed by atoms with Crippen molar-refractivity contribution < 1.29 is 14.3 Å². The summed E-state index contributed by atoms with van der Waals surface area (Å²) in [7, 11) is 1.61. The molecule has 3 aromatic rings. The van der Waals surface area contributed by atoms with E-state index in [1.54, 1.807) is 24.1 Å². The Balaban J connectivity index is 1.67. The van der Waals surface area contributed by atoms with Crippen LogP contribution in [0.5, 0.6) is 5.75 Å². The maximum absolute atomic E-state index is 13.5. The molecule has 5 heteroatoms. The number of hydrogen-bond donors (Lipinski definition) is 1. The number of rotatable bonds is 6. The molecule has 2 amide bonds. The largest absolute Gasteiger partial charge is 0.497 e. The lowest BCUT2D eigenvalue weighted by molar-refractivity contribution is -0.120. The molecule has 0 saturated carbocycles. The molecular weight excluding hydrogens is 376 g/mol. The molecule has 3 aromatic carbocycles. The maximum atomic E-state index is 13.5. The first-order chi connectivity index (χ1) is 14.7. The van der Waals surface area contributed by atoms with Crippen LogP contribution in [0.1, 0.15) is 27.9 Å². The van der Waals surface area contributed by atoms with Crippen LogP contribution in [0.4, 0.5) is 5.69 Å². The summed E-state index contributed by atoms with van der Waals surface area (Å²) < 4.78 is 5.32. The first-order valence-electron chi connectivity index (χ1n) is 10.0. The van der Waals surface area contributed by atoms with Crippen LogP contribution in [0, 0.1) is 0 Å². The van der Waals surface area contributed by atoms with E-state index in [2.05, 4.69) is 5.32 Å². The molecule has 0 aromatic heterocycles. The van der Waals surface area contributed by atoms with E-state index in [-0.39, 0.29) is 11.8 Å². The maximum Gasteiger partial charge on any atom is 0.256 e. The van der Waals surface area contributed by atoms with Crippen LogP contribution in [-0.4, -0.2) is 29.9 Å². The number of anilines is 1. The molecule has 0 bridgehead atoms. The van der Waals surface area contributed by atoms with Crippen LogP contribution in [0.15, 0.2) is 78.9 Å². The average molecular weight is 400 g/mol. The minimum absolute atomic E-state index is 0.148. The molecule has 0 fully saturated rings. The van der Waals surface area contributed by atoms with Crippen molar-refractivity contribution in [2.45, 2.75) is 25.4 Å². The molecule has 1 N–H and O–H groups in total. The summed E-state index contributed by atoms with van der Waals surface area (Å²) in [5.74, 6) is 0.414. The van der Waals surface area contributed by atoms with Crippen LogP contribution in [0.25, 0.3) is 0 Å². The monoisotopic (exact) mass is 400 g/mol. The fraction of sp³-hybridized carbons (Fsp3) is 0.200. The lowest BCUT2D eigenvalue weighted by atomic mass is 10.0. The van der Waals surface area contributed by atoms with Crippen LogP contribution in [-0.2, 0) is 17.8 Å². The molecule has 0 aliphatic carbocycles. The van der Waals surface area contributed by atoms with E-state index in [1.165, 1.54) is 0 Å². The van der Waals surface area contributed by atoms with Crippen molar-refractivity contribution >= 4 is 17.5 Å². The summed E-state index contributed by atoms with van der Waals surface area (Å²) in [5.41, 5.74) is 3.13. The molecule has 4 rings (SSSR count). The Morgan fingerprint density at radius 3 is 2.43 bits per heavy atom. The zero-order valence-electron chi connectivity index (χ0n) is 16.9. The number of fused-ring (bicyclic) bond motifs is 1. The summed E-state index contributed by atoms with van der Waals surface area (Å²) in [4.78, 5) is 28.3. The van der Waals surface area contributed by atoms with Gasteiger partial charge in [-0.05, 0) is 48.2 Å². The molecule has 0 saturated heterocycles. The van der Waals surface area contributed by atoms with Gasteiger partial charge in [0, 0.05) is 6.54 Å². The van der Waals surface area contributed by atoms with Gasteiger partial charge in [0.25, 0.3) is 5.91 Å². The highest BCUT2D eigenvalue weighted by molar-refractivity contribution is 6.09. The molecule has 1 heterocycles. The van der Waals surface area contributed by atoms with E-state index in [4.69, 9.17) is 4.74 Å². The molecule has 0 spiro atoms. The van der Waals surface area contributed by atoms with E-state index < -0.39 is 6.04 Å². The first-order valence-corrected chi connectivity index (χ1v) is 10.0. The first kappa shape index (κ1) is 19.7. The summed E-state index contributed by atoms with van der Waals surface area (Å²) in [6.07, 6.45) is 1.25. The third-order valence-corrected chi connectivity index (χ3v) is 5.39. The van der Waals surface area contributed by atoms with Gasteiger partial charge in [-0.1, -0.05) is 54.6 Å². The second-order valence-electron chi connectivity index (χ2n) is 7.36.